The molecule has 0 radical (unpaired) electrons. The molecule has 5 nitrogen and oxygen atoms in total. The molecule has 1 aromatic heterocycles. The number of benzene rings is 1. The van der Waals surface area contributed by atoms with Gasteiger partial charge in [0.1, 0.15) is 18.0 Å². The molecule has 2 fully saturated rings. The Bertz CT molecular complexity index is 690. The molecule has 0 unspecified atom stereocenters. The number of likely N-dealkylation sites (tertiary alicyclic amines) is 1. The molecule has 0 amide bonds. The van der Waals surface area contributed by atoms with Gasteiger partial charge in [0.25, 0.3) is 0 Å². The number of nitrogens with one attached hydrogen (secondary N) is 1. The molecule has 2 aliphatic heterocycles. The maximum atomic E-state index is 4.43. The summed E-state index contributed by atoms with van der Waals surface area (Å²) in [6.07, 6.45) is 6.86. The molecule has 1 N–H and O–H groups in total. The molecule has 2 aromatic rings. The second kappa shape index (κ2) is 7.83. The van der Waals surface area contributed by atoms with Crippen LogP contribution >= 0.6 is 0 Å². The number of rotatable bonds is 6. The van der Waals surface area contributed by atoms with E-state index in [0.717, 1.165) is 37.8 Å². The van der Waals surface area contributed by atoms with Crippen LogP contribution in [0.4, 0.5) is 11.6 Å². The van der Waals surface area contributed by atoms with E-state index in [1.165, 1.54) is 49.9 Å². The van der Waals surface area contributed by atoms with Gasteiger partial charge in [0.15, 0.2) is 0 Å². The largest absolute Gasteiger partial charge is 0.366 e. The summed E-state index contributed by atoms with van der Waals surface area (Å²) in [4.78, 5) is 13.7. The predicted molar refractivity (Wildman–Crippen MR) is 102 cm³/mol. The van der Waals surface area contributed by atoms with Gasteiger partial charge in [-0.3, -0.25) is 4.90 Å². The second-order valence-electron chi connectivity index (χ2n) is 7.06. The predicted octanol–water partition coefficient (Wildman–Crippen LogP) is 3.28. The third-order valence-electron chi connectivity index (χ3n) is 5.25. The molecule has 25 heavy (non-hydrogen) atoms. The van der Waals surface area contributed by atoms with Gasteiger partial charge in [0, 0.05) is 32.2 Å². The fourth-order valence-electron chi connectivity index (χ4n) is 3.81. The highest BCUT2D eigenvalue weighted by atomic mass is 15.2. The Morgan fingerprint density at radius 1 is 0.880 bits per heavy atom. The summed E-state index contributed by atoms with van der Waals surface area (Å²) in [7, 11) is 0. The first-order valence-corrected chi connectivity index (χ1v) is 9.48. The number of nitrogens with zero attached hydrogens (tertiary/aromatic N) is 4. The van der Waals surface area contributed by atoms with Crippen molar-refractivity contribution in [2.45, 2.75) is 38.8 Å². The molecular formula is C20H27N5. The van der Waals surface area contributed by atoms with E-state index >= 15 is 0 Å². The summed E-state index contributed by atoms with van der Waals surface area (Å²) in [5.74, 6) is 1.95. The van der Waals surface area contributed by atoms with Gasteiger partial charge in [-0.2, -0.15) is 0 Å². The highest BCUT2D eigenvalue weighted by molar-refractivity contribution is 5.49. The van der Waals surface area contributed by atoms with E-state index < -0.39 is 0 Å². The zero-order valence-electron chi connectivity index (χ0n) is 14.8. The van der Waals surface area contributed by atoms with E-state index in [9.17, 15) is 0 Å². The molecule has 0 atom stereocenters. The summed E-state index contributed by atoms with van der Waals surface area (Å²) in [5.41, 5.74) is 2.78. The topological polar surface area (TPSA) is 44.3 Å². The molecule has 0 spiro atoms. The normalized spacial score (nSPS) is 18.0. The molecule has 5 heteroatoms. The van der Waals surface area contributed by atoms with Gasteiger partial charge in [-0.25, -0.2) is 9.97 Å². The molecule has 1 aromatic carbocycles. The fraction of sp³-hybridized carbons (Fsp3) is 0.500. The van der Waals surface area contributed by atoms with Crippen molar-refractivity contribution >= 4 is 11.6 Å². The van der Waals surface area contributed by atoms with E-state index in [4.69, 9.17) is 0 Å². The zero-order chi connectivity index (χ0) is 16.9. The lowest BCUT2D eigenvalue weighted by Crippen LogP contribution is -2.20. The average Bonchev–Trinajstić information content (AvgIpc) is 3.35. The highest BCUT2D eigenvalue weighted by Crippen LogP contribution is 2.21. The van der Waals surface area contributed by atoms with Crippen molar-refractivity contribution in [3.8, 4) is 0 Å². The Morgan fingerprint density at radius 2 is 1.60 bits per heavy atom. The van der Waals surface area contributed by atoms with Gasteiger partial charge in [0.05, 0.1) is 0 Å². The van der Waals surface area contributed by atoms with Gasteiger partial charge >= 0.3 is 0 Å². The summed E-state index contributed by atoms with van der Waals surface area (Å²) >= 11 is 0. The van der Waals surface area contributed by atoms with E-state index in [2.05, 4.69) is 55.4 Å². The quantitative estimate of drug-likeness (QED) is 0.876. The Hall–Kier alpha value is -2.14. The molecule has 2 saturated heterocycles. The summed E-state index contributed by atoms with van der Waals surface area (Å²) in [6.45, 7) is 6.53. The van der Waals surface area contributed by atoms with Gasteiger partial charge in [-0.1, -0.05) is 24.3 Å². The van der Waals surface area contributed by atoms with Crippen LogP contribution in [-0.2, 0) is 13.1 Å². The van der Waals surface area contributed by atoms with Crippen molar-refractivity contribution in [3.63, 3.8) is 0 Å². The van der Waals surface area contributed by atoms with E-state index in [1.54, 1.807) is 6.33 Å². The van der Waals surface area contributed by atoms with Crippen molar-refractivity contribution in [1.29, 1.82) is 0 Å². The SMILES string of the molecule is c1ccc(CN2CCCC2)c(CNc2cc(N3CCCC3)ncn2)c1. The Morgan fingerprint density at radius 3 is 2.40 bits per heavy atom. The minimum Gasteiger partial charge on any atom is -0.366 e. The van der Waals surface area contributed by atoms with E-state index in [0.29, 0.717) is 0 Å². The number of aromatic nitrogens is 2. The standard InChI is InChI=1S/C20H27N5/c1-2-8-18(15-24-9-3-4-10-24)17(7-1)14-21-19-13-20(23-16-22-19)25-11-5-6-12-25/h1-2,7-8,13,16H,3-6,9-12,14-15H2,(H,21,22,23). The zero-order valence-corrected chi connectivity index (χ0v) is 14.8. The number of hydrogen-bond acceptors (Lipinski definition) is 5. The van der Waals surface area contributed by atoms with Crippen molar-refractivity contribution in [3.05, 3.63) is 47.8 Å². The van der Waals surface area contributed by atoms with Crippen LogP contribution < -0.4 is 10.2 Å². The molecule has 4 rings (SSSR count). The van der Waals surface area contributed by atoms with E-state index in [1.807, 2.05) is 0 Å². The summed E-state index contributed by atoms with van der Waals surface area (Å²) in [6, 6.07) is 10.8. The third kappa shape index (κ3) is 4.10. The Balaban J connectivity index is 1.42. The van der Waals surface area contributed by atoms with Crippen molar-refractivity contribution in [2.75, 3.05) is 36.4 Å². The van der Waals surface area contributed by atoms with Crippen LogP contribution in [-0.4, -0.2) is 41.0 Å². The first kappa shape index (κ1) is 16.3. The van der Waals surface area contributed by atoms with Crippen molar-refractivity contribution < 1.29 is 0 Å². The van der Waals surface area contributed by atoms with Crippen LogP contribution in [0.25, 0.3) is 0 Å². The van der Waals surface area contributed by atoms with Crippen molar-refractivity contribution in [1.82, 2.24) is 14.9 Å². The molecule has 0 aliphatic carbocycles. The third-order valence-corrected chi connectivity index (χ3v) is 5.25. The summed E-state index contributed by atoms with van der Waals surface area (Å²) in [5, 5.41) is 3.49. The minimum absolute atomic E-state index is 0.806. The molecule has 2 aliphatic rings. The van der Waals surface area contributed by atoms with E-state index in [-0.39, 0.29) is 0 Å². The average molecular weight is 337 g/mol. The monoisotopic (exact) mass is 337 g/mol. The lowest BCUT2D eigenvalue weighted by atomic mass is 10.1. The maximum Gasteiger partial charge on any atom is 0.134 e. The minimum atomic E-state index is 0.806. The molecular weight excluding hydrogens is 310 g/mol. The van der Waals surface area contributed by atoms with Crippen LogP contribution in [0.5, 0.6) is 0 Å². The summed E-state index contributed by atoms with van der Waals surface area (Å²) < 4.78 is 0. The van der Waals surface area contributed by atoms with Crippen LogP contribution in [0.15, 0.2) is 36.7 Å². The number of hydrogen-bond donors (Lipinski definition) is 1. The van der Waals surface area contributed by atoms with Gasteiger partial charge in [-0.05, 0) is 49.9 Å². The van der Waals surface area contributed by atoms with Gasteiger partial charge in [-0.15, -0.1) is 0 Å². The first-order chi connectivity index (χ1) is 12.4. The van der Waals surface area contributed by atoms with Crippen LogP contribution in [0.3, 0.4) is 0 Å². The Labute approximate surface area is 150 Å². The molecule has 0 saturated carbocycles. The Kier molecular flexibility index (Phi) is 5.11. The lowest BCUT2D eigenvalue weighted by Gasteiger charge is -2.19. The van der Waals surface area contributed by atoms with Crippen LogP contribution in [0, 0.1) is 0 Å². The van der Waals surface area contributed by atoms with Crippen LogP contribution in [0.2, 0.25) is 0 Å². The van der Waals surface area contributed by atoms with Gasteiger partial charge in [0.2, 0.25) is 0 Å². The van der Waals surface area contributed by atoms with Gasteiger partial charge < -0.3 is 10.2 Å². The number of anilines is 2. The molecule has 3 heterocycles. The molecule has 132 valence electrons. The maximum absolute atomic E-state index is 4.43. The fourth-order valence-corrected chi connectivity index (χ4v) is 3.81. The lowest BCUT2D eigenvalue weighted by molar-refractivity contribution is 0.330. The second-order valence-corrected chi connectivity index (χ2v) is 7.06. The van der Waals surface area contributed by atoms with Crippen LogP contribution in [0.1, 0.15) is 36.8 Å². The first-order valence-electron chi connectivity index (χ1n) is 9.48. The van der Waals surface area contributed by atoms with Crippen molar-refractivity contribution in [2.24, 2.45) is 0 Å². The smallest absolute Gasteiger partial charge is 0.134 e. The molecule has 0 bridgehead atoms. The highest BCUT2D eigenvalue weighted by Gasteiger charge is 2.15.